The van der Waals surface area contributed by atoms with Gasteiger partial charge in [0.1, 0.15) is 97.8 Å². The number of methoxy groups -OCH3 is 2. The quantitative estimate of drug-likeness (QED) is 0.0702. The highest BCUT2D eigenvalue weighted by atomic mass is 79.9. The van der Waals surface area contributed by atoms with Crippen molar-refractivity contribution in [3.63, 3.8) is 0 Å². The van der Waals surface area contributed by atoms with Crippen LogP contribution < -0.4 is 30.1 Å². The molecule has 626 valence electrons. The van der Waals surface area contributed by atoms with Gasteiger partial charge in [-0.3, -0.25) is 9.36 Å². The van der Waals surface area contributed by atoms with Crippen LogP contribution in [0.4, 0.5) is 52.4 Å². The Morgan fingerprint density at radius 3 is 1.35 bits per heavy atom. The molecule has 7 heterocycles. The number of hydrogen-bond acceptors (Lipinski definition) is 20. The van der Waals surface area contributed by atoms with Crippen molar-refractivity contribution in [1.29, 1.82) is 0 Å². The van der Waals surface area contributed by atoms with Gasteiger partial charge in [-0.05, 0) is 199 Å². The smallest absolute Gasteiger partial charge is 0.410 e. The van der Waals surface area contributed by atoms with E-state index in [-0.39, 0.29) is 101 Å². The van der Waals surface area contributed by atoms with Crippen LogP contribution in [0.3, 0.4) is 0 Å². The van der Waals surface area contributed by atoms with Gasteiger partial charge in [0.15, 0.2) is 23.3 Å². The molecule has 0 aliphatic carbocycles. The van der Waals surface area contributed by atoms with Crippen molar-refractivity contribution in [3.8, 4) is 22.6 Å². The number of aromatic amines is 1. The first-order valence-electron chi connectivity index (χ1n) is 35.2. The fourth-order valence-electron chi connectivity index (χ4n) is 11.6. The van der Waals surface area contributed by atoms with Crippen molar-refractivity contribution in [2.45, 2.75) is 118 Å². The Kier molecular flexibility index (Phi) is 34.2. The molecule has 10 aromatic rings. The van der Waals surface area contributed by atoms with Crippen LogP contribution in [0, 0.1) is 34.9 Å². The molecule has 3 amide bonds. The van der Waals surface area contributed by atoms with Gasteiger partial charge in [0.2, 0.25) is 0 Å². The second-order valence-electron chi connectivity index (χ2n) is 28.8. The first kappa shape index (κ1) is 95.2. The van der Waals surface area contributed by atoms with Gasteiger partial charge in [0, 0.05) is 114 Å². The van der Waals surface area contributed by atoms with Crippen molar-refractivity contribution >= 4 is 186 Å². The van der Waals surface area contributed by atoms with Gasteiger partial charge in [-0.25, -0.2) is 75.6 Å². The molecule has 40 heteroatoms. The van der Waals surface area contributed by atoms with Gasteiger partial charge < -0.3 is 58.5 Å². The highest BCUT2D eigenvalue weighted by Gasteiger charge is 2.35. The van der Waals surface area contributed by atoms with Crippen molar-refractivity contribution < 1.29 is 69.0 Å². The lowest BCUT2D eigenvalue weighted by atomic mass is 10.0. The van der Waals surface area contributed by atoms with E-state index in [0.717, 1.165) is 32.0 Å². The third-order valence-electron chi connectivity index (χ3n) is 16.4. The van der Waals surface area contributed by atoms with Gasteiger partial charge in [0.05, 0.1) is 41.0 Å². The number of carbonyl (C=O) groups is 3. The Bertz CT molecular complexity index is 5270. The van der Waals surface area contributed by atoms with Crippen LogP contribution in [0.2, 0.25) is 25.2 Å². The average Bonchev–Trinajstić information content (AvgIpc) is 0.747. The second kappa shape index (κ2) is 41.6. The van der Waals surface area contributed by atoms with E-state index in [0.29, 0.717) is 88.3 Å². The number of nitrogens with one attached hydrogen (secondary N) is 2. The van der Waals surface area contributed by atoms with Gasteiger partial charge in [-0.15, -0.1) is 0 Å². The molecule has 3 aliphatic rings. The van der Waals surface area contributed by atoms with E-state index in [2.05, 4.69) is 102 Å². The molecule has 0 unspecified atom stereocenters. The van der Waals surface area contributed by atoms with Crippen LogP contribution in [0.15, 0.2) is 113 Å². The van der Waals surface area contributed by atoms with Gasteiger partial charge in [-0.2, -0.15) is 0 Å². The molecule has 24 nitrogen and oxygen atoms in total. The molecule has 0 bridgehead atoms. The van der Waals surface area contributed by atoms with E-state index in [1.807, 2.05) is 86.0 Å². The Morgan fingerprint density at radius 2 is 0.905 bits per heavy atom. The van der Waals surface area contributed by atoms with Crippen molar-refractivity contribution in [2.24, 2.45) is 0 Å². The van der Waals surface area contributed by atoms with E-state index < -0.39 is 56.6 Å². The zero-order valence-corrected chi connectivity index (χ0v) is 73.5. The Labute approximate surface area is 712 Å². The Balaban J connectivity index is 0.000000201. The fraction of sp³-hybridized carbons (Fsp3) is 0.382. The molecule has 3 fully saturated rings. The normalized spacial score (nSPS) is 15.6. The van der Waals surface area contributed by atoms with E-state index >= 15 is 4.39 Å². The maximum Gasteiger partial charge on any atom is 0.410 e. The summed E-state index contributed by atoms with van der Waals surface area (Å²) in [4.78, 5) is 87.1. The largest absolute Gasteiger partial charge is 0.496 e. The van der Waals surface area contributed by atoms with Crippen LogP contribution >= 0.6 is 113 Å². The molecule has 2 N–H and O–H groups in total. The topological polar surface area (TPSA) is 266 Å². The number of benzene rings is 6. The molecule has 13 rings (SSSR count). The Hall–Kier alpha value is -7.94. The van der Waals surface area contributed by atoms with E-state index in [1.54, 1.807) is 39.0 Å². The summed E-state index contributed by atoms with van der Waals surface area (Å²) in [6.45, 7) is 27.8. The first-order chi connectivity index (χ1) is 54.2. The average molecular weight is 1860 g/mol. The summed E-state index contributed by atoms with van der Waals surface area (Å²) in [5.74, 6) is -1.51. The number of ether oxygens (including phenoxy) is 5. The van der Waals surface area contributed by atoms with E-state index in [9.17, 15) is 45.7 Å². The number of halogens is 15. The highest BCUT2D eigenvalue weighted by Crippen LogP contribution is 2.61. The summed E-state index contributed by atoms with van der Waals surface area (Å²) < 4.78 is 120. The highest BCUT2D eigenvalue weighted by molar-refractivity contribution is 9.10. The molecule has 0 spiro atoms. The van der Waals surface area contributed by atoms with Gasteiger partial charge in [-0.1, -0.05) is 70.1 Å². The third-order valence-corrected chi connectivity index (χ3v) is 18.4. The lowest BCUT2D eigenvalue weighted by Gasteiger charge is -2.41. The van der Waals surface area contributed by atoms with E-state index in [1.165, 1.54) is 81.7 Å². The van der Waals surface area contributed by atoms with Crippen LogP contribution in [0.5, 0.6) is 11.5 Å². The maximum absolute atomic E-state index is 15.8. The van der Waals surface area contributed by atoms with Crippen LogP contribution in [0.1, 0.15) is 83.1 Å². The lowest BCUT2D eigenvalue weighted by Crippen LogP contribution is -2.54. The third kappa shape index (κ3) is 27.3. The molecule has 0 saturated carbocycles. The number of piperazine rings is 3. The minimum absolute atomic E-state index is 0.00879. The van der Waals surface area contributed by atoms with Crippen LogP contribution in [0.25, 0.3) is 54.7 Å². The number of rotatable bonds is 5. The summed E-state index contributed by atoms with van der Waals surface area (Å²) >= 11 is 46.4. The zero-order valence-electron chi connectivity index (χ0n) is 65.0. The monoisotopic (exact) mass is 1850 g/mol. The maximum atomic E-state index is 15.8. The number of nitrogens with zero attached hydrogens (tertiary/aromatic N) is 12. The van der Waals surface area contributed by atoms with Crippen LogP contribution in [-0.2, 0) is 18.8 Å². The standard InChI is InChI=1S/C25H27ClF2N4O3.C18H22ClFN4O2.C10H20N2O2.C8H3Cl2FN2.C8H4ClFN2O.C7H6BrFO.Cl3OP/c1-14-12-31(24(33)35-25(2,3)4)9-10-32(14)23-15-11-16(26)19(21(28)22(15)29-13-30-23)20-17(27)7-6-8-18(20)34-5;1-11-9-23(17(25)26-18(2,3)4)5-6-24(11)16-13-7-12(19)8-14(20)15(13)21-10-22-16;1-8-7-12(6-5-11-8)9(13)14-10(2,3)4;9-4-1-5-7(6(11)2-4)12-3-13-8(5)10;9-4-1-5-7(6(10)2-4)11-3-12-8(5)13;1-10-6-4-2-3-5(9)7(6)8;1-5(2,3)4/h6-8,11,13-14H,9-10,12H2,1-5H3;7-8,10-11H,5-6,9H2,1-4H3;8,11H,5-7H2,1-4H3;1-3H;1-3H,(H,11,12,13);2-4H,1H3;/t14-;11-;8-;;;;/m111..../s1. The summed E-state index contributed by atoms with van der Waals surface area (Å²) in [5, 5.41) is 2.57. The van der Waals surface area contributed by atoms with E-state index in [4.69, 9.17) is 81.7 Å². The second-order valence-corrected chi connectivity index (χ2v) is 38.3. The van der Waals surface area contributed by atoms with Crippen LogP contribution in [-0.4, -0.2) is 181 Å². The fourth-order valence-corrected chi connectivity index (χ4v) is 13.1. The summed E-state index contributed by atoms with van der Waals surface area (Å²) in [7, 11) is 2.88. The molecule has 0 radical (unpaired) electrons. The first-order valence-corrected chi connectivity index (χ1v) is 42.3. The molecular formula is C76H82BrCl8F6N14O10P. The molecule has 116 heavy (non-hydrogen) atoms. The molecule has 6 aromatic carbocycles. The van der Waals surface area contributed by atoms with Gasteiger partial charge >= 0.3 is 23.5 Å². The molecule has 4 aromatic heterocycles. The van der Waals surface area contributed by atoms with Crippen molar-refractivity contribution in [2.75, 3.05) is 82.9 Å². The molecular weight excluding hydrogens is 1780 g/mol. The summed E-state index contributed by atoms with van der Waals surface area (Å²) in [6, 6.07) is 18.8. The minimum Gasteiger partial charge on any atom is -0.496 e. The minimum atomic E-state index is -3.22. The SMILES string of the molecule is COc1cccc(F)c1-c1c(Cl)cc2c(N3CCN(C(=O)OC(C)(C)C)C[C@H]3C)ncnc2c1F.COc1cccc(F)c1Br.C[C@@H]1CN(C(=O)OC(C)(C)C)CCN1.C[C@@H]1CN(C(=O)OC(C)(C)C)CCN1c1ncnc2c(F)cc(Cl)cc12.Fc1cc(Cl)cc2c(Cl)ncnc12.O=P(Cl)(Cl)Cl.O=c1[nH]cnc2c(F)cc(Cl)cc12. The van der Waals surface area contributed by atoms with Crippen molar-refractivity contribution in [3.05, 3.63) is 179 Å². The number of fused-ring (bicyclic) bond motifs is 4. The van der Waals surface area contributed by atoms with Gasteiger partial charge in [0.25, 0.3) is 5.56 Å². The lowest BCUT2D eigenvalue weighted by molar-refractivity contribution is 0.0195. The number of carbonyl (C=O) groups excluding carboxylic acids is 3. The molecule has 3 aliphatic heterocycles. The summed E-state index contributed by atoms with van der Waals surface area (Å²) in [6.07, 6.45) is 4.07. The predicted molar refractivity (Wildman–Crippen MR) is 448 cm³/mol. The number of anilines is 2. The number of aromatic nitrogens is 8. The number of amides is 3. The molecule has 3 atom stereocenters. The van der Waals surface area contributed by atoms with Crippen molar-refractivity contribution in [1.82, 2.24) is 59.9 Å². The predicted octanol–water partition coefficient (Wildman–Crippen LogP) is 21.0. The zero-order chi connectivity index (χ0) is 86.2. The Morgan fingerprint density at radius 1 is 0.500 bits per heavy atom. The number of H-pyrrole nitrogens is 1. The number of hydrogen-bond donors (Lipinski definition) is 2. The molecule has 3 saturated heterocycles. The summed E-state index contributed by atoms with van der Waals surface area (Å²) in [5.41, 5.74) is -1.64.